The summed E-state index contributed by atoms with van der Waals surface area (Å²) in [5.41, 5.74) is 0. The normalized spacial score (nSPS) is 11.2. The number of rotatable bonds is 34. The lowest BCUT2D eigenvalue weighted by Crippen LogP contribution is -2.09. The molecular weight excluding hydrogens is 492 g/mol. The van der Waals surface area contributed by atoms with Crippen LogP contribution in [0.25, 0.3) is 0 Å². The number of carbonyl (C=O) groups is 1. The van der Waals surface area contributed by atoms with E-state index in [0.717, 1.165) is 25.7 Å². The molecule has 0 aliphatic rings. The molecule has 0 bridgehead atoms. The fraction of sp³-hybridized carbons (Fsp3) is 0.973. The van der Waals surface area contributed by atoms with Crippen LogP contribution in [0.2, 0.25) is 0 Å². The average Bonchev–Trinajstić information content (AvgIpc) is 2.96. The van der Waals surface area contributed by atoms with Crippen LogP contribution >= 0.6 is 0 Å². The Morgan fingerprint density at radius 1 is 0.300 bits per heavy atom. The van der Waals surface area contributed by atoms with E-state index >= 15 is 0 Å². The van der Waals surface area contributed by atoms with Crippen LogP contribution in [0, 0.1) is 0 Å². The van der Waals surface area contributed by atoms with Gasteiger partial charge in [0.25, 0.3) is 0 Å². The molecule has 240 valence electrons. The van der Waals surface area contributed by atoms with Gasteiger partial charge in [-0.1, -0.05) is 206 Å². The summed E-state index contributed by atoms with van der Waals surface area (Å²) in [6.45, 7) is 5.49. The highest BCUT2D eigenvalue weighted by molar-refractivity contribution is 5.59. The maximum absolute atomic E-state index is 11.5. The maximum Gasteiger partial charge on any atom is 0.508 e. The quantitative estimate of drug-likeness (QED) is 0.0574. The van der Waals surface area contributed by atoms with Crippen LogP contribution in [0.3, 0.4) is 0 Å². The molecule has 3 nitrogen and oxygen atoms in total. The molecule has 0 aliphatic carbocycles. The molecule has 0 atom stereocenters. The van der Waals surface area contributed by atoms with Crippen LogP contribution in [0.15, 0.2) is 0 Å². The van der Waals surface area contributed by atoms with Gasteiger partial charge in [0.15, 0.2) is 0 Å². The molecule has 0 saturated carbocycles. The number of hydrogen-bond acceptors (Lipinski definition) is 3. The smallest absolute Gasteiger partial charge is 0.434 e. The summed E-state index contributed by atoms with van der Waals surface area (Å²) in [4.78, 5) is 11.5. The van der Waals surface area contributed by atoms with Crippen LogP contribution in [0.5, 0.6) is 0 Å². The van der Waals surface area contributed by atoms with Gasteiger partial charge in [0, 0.05) is 0 Å². The summed E-state index contributed by atoms with van der Waals surface area (Å²) in [5, 5.41) is 0. The van der Waals surface area contributed by atoms with E-state index in [-0.39, 0.29) is 0 Å². The third-order valence-corrected chi connectivity index (χ3v) is 8.44. The van der Waals surface area contributed by atoms with Gasteiger partial charge in [0.05, 0.1) is 13.2 Å². The summed E-state index contributed by atoms with van der Waals surface area (Å²) in [5.74, 6) is 0. The standard InChI is InChI=1S/C37H74O3/c1-3-5-7-9-10-11-12-13-14-15-16-17-18-19-20-21-22-23-24-25-26-27-28-29-30-31-32-34-36-40-37(38)39-35-33-8-6-4-2/h3-36H2,1-2H3. The molecule has 0 N–H and O–H groups in total. The van der Waals surface area contributed by atoms with Gasteiger partial charge in [-0.15, -0.1) is 0 Å². The molecular formula is C37H74O3. The number of unbranched alkanes of at least 4 members (excludes halogenated alkanes) is 30. The largest absolute Gasteiger partial charge is 0.508 e. The van der Waals surface area contributed by atoms with Gasteiger partial charge >= 0.3 is 6.16 Å². The van der Waals surface area contributed by atoms with Gasteiger partial charge in [-0.05, 0) is 12.8 Å². The minimum Gasteiger partial charge on any atom is -0.434 e. The monoisotopic (exact) mass is 567 g/mol. The van der Waals surface area contributed by atoms with Crippen molar-refractivity contribution in [1.29, 1.82) is 0 Å². The highest BCUT2D eigenvalue weighted by Crippen LogP contribution is 2.16. The lowest BCUT2D eigenvalue weighted by Gasteiger charge is -2.06. The molecule has 40 heavy (non-hydrogen) atoms. The molecule has 0 unspecified atom stereocenters. The van der Waals surface area contributed by atoms with E-state index < -0.39 is 6.16 Å². The fourth-order valence-corrected chi connectivity index (χ4v) is 5.65. The fourth-order valence-electron chi connectivity index (χ4n) is 5.65. The zero-order valence-electron chi connectivity index (χ0n) is 27.8. The lowest BCUT2D eigenvalue weighted by atomic mass is 10.0. The summed E-state index contributed by atoms with van der Waals surface area (Å²) in [6.07, 6.45) is 43.5. The van der Waals surface area contributed by atoms with Crippen molar-refractivity contribution in [3.05, 3.63) is 0 Å². The zero-order valence-corrected chi connectivity index (χ0v) is 27.8. The first kappa shape index (κ1) is 39.3. The number of ether oxygens (including phenoxy) is 2. The van der Waals surface area contributed by atoms with E-state index in [1.54, 1.807) is 0 Å². The van der Waals surface area contributed by atoms with Crippen molar-refractivity contribution in [2.75, 3.05) is 13.2 Å². The molecule has 3 heteroatoms. The van der Waals surface area contributed by atoms with Crippen molar-refractivity contribution >= 4 is 6.16 Å². The first-order chi connectivity index (χ1) is 19.8. The highest BCUT2D eigenvalue weighted by Gasteiger charge is 2.03. The molecule has 0 aliphatic heterocycles. The van der Waals surface area contributed by atoms with E-state index in [9.17, 15) is 4.79 Å². The minimum atomic E-state index is -0.485. The molecule has 0 rings (SSSR count). The highest BCUT2D eigenvalue weighted by atomic mass is 16.7. The molecule has 0 saturated heterocycles. The van der Waals surface area contributed by atoms with Crippen molar-refractivity contribution in [2.24, 2.45) is 0 Å². The Bertz CT molecular complexity index is 464. The zero-order chi connectivity index (χ0) is 29.0. The van der Waals surface area contributed by atoms with Crippen molar-refractivity contribution in [1.82, 2.24) is 0 Å². The third kappa shape index (κ3) is 35.3. The van der Waals surface area contributed by atoms with E-state index in [2.05, 4.69) is 13.8 Å². The Kier molecular flexibility index (Phi) is 35.6. The van der Waals surface area contributed by atoms with Crippen LogP contribution < -0.4 is 0 Å². The lowest BCUT2D eigenvalue weighted by molar-refractivity contribution is 0.0529. The molecule has 0 fully saturated rings. The second-order valence-electron chi connectivity index (χ2n) is 12.6. The first-order valence-corrected chi connectivity index (χ1v) is 18.6. The van der Waals surface area contributed by atoms with Crippen LogP contribution in [0.4, 0.5) is 4.79 Å². The van der Waals surface area contributed by atoms with E-state index in [1.807, 2.05) is 0 Å². The summed E-state index contributed by atoms with van der Waals surface area (Å²) < 4.78 is 10.2. The molecule has 0 radical (unpaired) electrons. The van der Waals surface area contributed by atoms with Crippen molar-refractivity contribution < 1.29 is 14.3 Å². The van der Waals surface area contributed by atoms with Crippen molar-refractivity contribution in [2.45, 2.75) is 219 Å². The van der Waals surface area contributed by atoms with Gasteiger partial charge in [-0.25, -0.2) is 4.79 Å². The minimum absolute atomic E-state index is 0.485. The molecule has 0 aromatic rings. The molecule has 0 spiro atoms. The topological polar surface area (TPSA) is 35.5 Å². The van der Waals surface area contributed by atoms with Gasteiger partial charge in [0.1, 0.15) is 0 Å². The van der Waals surface area contributed by atoms with E-state index in [4.69, 9.17) is 9.47 Å². The molecule has 0 heterocycles. The molecule has 0 aromatic carbocycles. The van der Waals surface area contributed by atoms with Crippen LogP contribution in [-0.4, -0.2) is 19.4 Å². The average molecular weight is 567 g/mol. The Hall–Kier alpha value is -0.730. The predicted octanol–water partition coefficient (Wildman–Crippen LogP) is 13.7. The Morgan fingerprint density at radius 3 is 0.700 bits per heavy atom. The van der Waals surface area contributed by atoms with Gasteiger partial charge in [0.2, 0.25) is 0 Å². The van der Waals surface area contributed by atoms with Gasteiger partial charge in [-0.2, -0.15) is 0 Å². The van der Waals surface area contributed by atoms with Crippen LogP contribution in [-0.2, 0) is 9.47 Å². The maximum atomic E-state index is 11.5. The summed E-state index contributed by atoms with van der Waals surface area (Å²) in [6, 6.07) is 0. The molecule has 0 amide bonds. The first-order valence-electron chi connectivity index (χ1n) is 18.6. The Labute approximate surface area is 252 Å². The van der Waals surface area contributed by atoms with Gasteiger partial charge in [-0.3, -0.25) is 0 Å². The van der Waals surface area contributed by atoms with Crippen molar-refractivity contribution in [3.8, 4) is 0 Å². The SMILES string of the molecule is CCCCCCCCCCCCCCCCCCCCCCCCCCCCCCOC(=O)OCCCCCC. The second kappa shape index (κ2) is 36.3. The predicted molar refractivity (Wildman–Crippen MR) is 176 cm³/mol. The molecule has 0 aromatic heterocycles. The third-order valence-electron chi connectivity index (χ3n) is 8.44. The van der Waals surface area contributed by atoms with Gasteiger partial charge < -0.3 is 9.47 Å². The summed E-state index contributed by atoms with van der Waals surface area (Å²) in [7, 11) is 0. The summed E-state index contributed by atoms with van der Waals surface area (Å²) >= 11 is 0. The van der Waals surface area contributed by atoms with E-state index in [1.165, 1.54) is 180 Å². The second-order valence-corrected chi connectivity index (χ2v) is 12.6. The Balaban J connectivity index is 3.08. The van der Waals surface area contributed by atoms with Crippen molar-refractivity contribution in [3.63, 3.8) is 0 Å². The van der Waals surface area contributed by atoms with Crippen LogP contribution in [0.1, 0.15) is 219 Å². The number of hydrogen-bond donors (Lipinski definition) is 0. The Morgan fingerprint density at radius 2 is 0.475 bits per heavy atom. The van der Waals surface area contributed by atoms with E-state index in [0.29, 0.717) is 13.2 Å². The number of carbonyl (C=O) groups excluding carboxylic acids is 1.